The quantitative estimate of drug-likeness (QED) is 0.778. The number of carbonyl (C=O) groups excluding carboxylic acids is 1. The van der Waals surface area contributed by atoms with E-state index in [0.717, 1.165) is 11.4 Å². The lowest BCUT2D eigenvalue weighted by Gasteiger charge is -1.99. The van der Waals surface area contributed by atoms with Crippen molar-refractivity contribution in [2.45, 2.75) is 19.8 Å². The van der Waals surface area contributed by atoms with E-state index in [4.69, 9.17) is 0 Å². The Balaban J connectivity index is 2.51. The van der Waals surface area contributed by atoms with Gasteiger partial charge >= 0.3 is 0 Å². The fourth-order valence-electron chi connectivity index (χ4n) is 0.889. The van der Waals surface area contributed by atoms with Crippen LogP contribution >= 0.6 is 11.3 Å². The van der Waals surface area contributed by atoms with Crippen LogP contribution in [0.15, 0.2) is 24.8 Å². The predicted octanol–water partition coefficient (Wildman–Crippen LogP) is 2.17. The zero-order chi connectivity index (χ0) is 11.3. The smallest absolute Gasteiger partial charge is 0.230 e. The molecule has 0 aliphatic heterocycles. The molecular weight excluding hydrogens is 210 g/mol. The third kappa shape index (κ3) is 3.63. The Bertz CT molecular complexity index is 384. The molecule has 1 aromatic heterocycles. The molecule has 0 fully saturated rings. The third-order valence-electron chi connectivity index (χ3n) is 1.69. The molecule has 0 saturated heterocycles. The zero-order valence-electron chi connectivity index (χ0n) is 8.62. The van der Waals surface area contributed by atoms with Crippen molar-refractivity contribution in [2.24, 2.45) is 0 Å². The van der Waals surface area contributed by atoms with Gasteiger partial charge in [-0.15, -0.1) is 10.2 Å². The van der Waals surface area contributed by atoms with E-state index in [2.05, 4.69) is 28.7 Å². The lowest BCUT2D eigenvalue weighted by Crippen LogP contribution is -2.11. The third-order valence-corrected chi connectivity index (χ3v) is 2.67. The molecule has 0 saturated carbocycles. The highest BCUT2D eigenvalue weighted by atomic mass is 32.1. The Morgan fingerprint density at radius 2 is 2.33 bits per heavy atom. The summed E-state index contributed by atoms with van der Waals surface area (Å²) in [4.78, 5) is 11.4. The summed E-state index contributed by atoms with van der Waals surface area (Å²) >= 11 is 1.39. The average Bonchev–Trinajstić information content (AvgIpc) is 2.65. The molecule has 0 radical (unpaired) electrons. The van der Waals surface area contributed by atoms with Crippen molar-refractivity contribution in [1.82, 2.24) is 10.2 Å². The number of nitrogens with zero attached hydrogens (tertiary/aromatic N) is 2. The first-order valence-electron chi connectivity index (χ1n) is 4.58. The molecule has 0 atom stereocenters. The minimum absolute atomic E-state index is 0.140. The highest BCUT2D eigenvalue weighted by molar-refractivity contribution is 7.15. The summed E-state index contributed by atoms with van der Waals surface area (Å²) in [6, 6.07) is 0. The molecule has 1 heterocycles. The monoisotopic (exact) mass is 223 g/mol. The molecule has 0 unspecified atom stereocenters. The largest absolute Gasteiger partial charge is 0.300 e. The summed E-state index contributed by atoms with van der Waals surface area (Å²) in [5.74, 6) is -0.140. The molecule has 0 aliphatic rings. The number of aryl methyl sites for hydroxylation is 1. The maximum absolute atomic E-state index is 11.4. The number of amides is 1. The fourth-order valence-corrected chi connectivity index (χ4v) is 1.58. The van der Waals surface area contributed by atoms with E-state index in [1.807, 2.05) is 6.92 Å². The van der Waals surface area contributed by atoms with Crippen molar-refractivity contribution in [3.63, 3.8) is 0 Å². The second-order valence-corrected chi connectivity index (χ2v) is 4.00. The molecule has 0 aliphatic carbocycles. The molecule has 0 spiro atoms. The summed E-state index contributed by atoms with van der Waals surface area (Å²) in [5, 5.41) is 11.8. The molecule has 0 bridgehead atoms. The van der Waals surface area contributed by atoms with Crippen LogP contribution in [0.1, 0.15) is 18.4 Å². The lowest BCUT2D eigenvalue weighted by atomic mass is 10.2. The van der Waals surface area contributed by atoms with Crippen LogP contribution in [0.4, 0.5) is 5.13 Å². The van der Waals surface area contributed by atoms with Gasteiger partial charge < -0.3 is 5.32 Å². The molecule has 1 rings (SSSR count). The number of hydrogen-bond acceptors (Lipinski definition) is 4. The van der Waals surface area contributed by atoms with Gasteiger partial charge in [-0.05, 0) is 12.0 Å². The van der Waals surface area contributed by atoms with Crippen LogP contribution < -0.4 is 5.32 Å². The number of hydrogen-bond donors (Lipinski definition) is 1. The van der Waals surface area contributed by atoms with Crippen LogP contribution in [0.3, 0.4) is 0 Å². The van der Waals surface area contributed by atoms with Gasteiger partial charge in [0, 0.05) is 0 Å². The Morgan fingerprint density at radius 1 is 1.60 bits per heavy atom. The van der Waals surface area contributed by atoms with E-state index in [-0.39, 0.29) is 12.3 Å². The molecule has 1 amide bonds. The maximum atomic E-state index is 11.4. The van der Waals surface area contributed by atoms with Gasteiger partial charge in [0.25, 0.3) is 0 Å². The minimum Gasteiger partial charge on any atom is -0.300 e. The van der Waals surface area contributed by atoms with Gasteiger partial charge in [0.05, 0.1) is 6.42 Å². The van der Waals surface area contributed by atoms with Gasteiger partial charge in [-0.3, -0.25) is 4.79 Å². The summed E-state index contributed by atoms with van der Waals surface area (Å²) in [5.41, 5.74) is 0.688. The van der Waals surface area contributed by atoms with Gasteiger partial charge in [0.2, 0.25) is 11.0 Å². The number of nitrogens with one attached hydrogen (secondary N) is 1. The molecule has 0 aromatic carbocycles. The summed E-state index contributed by atoms with van der Waals surface area (Å²) < 4.78 is 0. The standard InChI is InChI=1S/C10H13N3OS/c1-4-7(3)6-8(14)11-10-13-12-9(5-2)15-10/h4H,1,3,5-6H2,2H3,(H,11,13,14). The minimum atomic E-state index is -0.140. The van der Waals surface area contributed by atoms with E-state index in [0.29, 0.717) is 10.7 Å². The van der Waals surface area contributed by atoms with Crippen molar-refractivity contribution < 1.29 is 4.79 Å². The number of rotatable bonds is 5. The predicted molar refractivity (Wildman–Crippen MR) is 61.9 cm³/mol. The topological polar surface area (TPSA) is 54.9 Å². The molecule has 80 valence electrons. The van der Waals surface area contributed by atoms with Gasteiger partial charge in [-0.25, -0.2) is 0 Å². The Kier molecular flexibility index (Phi) is 4.17. The maximum Gasteiger partial charge on any atom is 0.230 e. The van der Waals surface area contributed by atoms with Crippen LogP contribution in [0.2, 0.25) is 0 Å². The van der Waals surface area contributed by atoms with Gasteiger partial charge in [0.1, 0.15) is 5.01 Å². The first-order chi connectivity index (χ1) is 7.15. The summed E-state index contributed by atoms with van der Waals surface area (Å²) in [7, 11) is 0. The number of aromatic nitrogens is 2. The lowest BCUT2D eigenvalue weighted by molar-refractivity contribution is -0.115. The van der Waals surface area contributed by atoms with Gasteiger partial charge in [0.15, 0.2) is 0 Å². The van der Waals surface area contributed by atoms with Crippen molar-refractivity contribution in [3.05, 3.63) is 29.8 Å². The first kappa shape index (κ1) is 11.6. The van der Waals surface area contributed by atoms with Crippen molar-refractivity contribution >= 4 is 22.4 Å². The normalized spacial score (nSPS) is 9.67. The zero-order valence-corrected chi connectivity index (χ0v) is 9.43. The van der Waals surface area contributed by atoms with Crippen molar-refractivity contribution in [3.8, 4) is 0 Å². The summed E-state index contributed by atoms with van der Waals surface area (Å²) in [6.45, 7) is 9.19. The number of allylic oxidation sites excluding steroid dienone is 1. The fraction of sp³-hybridized carbons (Fsp3) is 0.300. The Hall–Kier alpha value is -1.49. The van der Waals surface area contributed by atoms with Crippen LogP contribution in [0.25, 0.3) is 0 Å². The molecule has 4 nitrogen and oxygen atoms in total. The highest BCUT2D eigenvalue weighted by Gasteiger charge is 2.07. The number of anilines is 1. The van der Waals surface area contributed by atoms with Gasteiger partial charge in [-0.2, -0.15) is 0 Å². The summed E-state index contributed by atoms with van der Waals surface area (Å²) in [6.07, 6.45) is 2.63. The Labute approximate surface area is 92.7 Å². The second kappa shape index (κ2) is 5.41. The van der Waals surface area contributed by atoms with E-state index in [1.165, 1.54) is 11.3 Å². The van der Waals surface area contributed by atoms with E-state index >= 15 is 0 Å². The van der Waals surface area contributed by atoms with Crippen molar-refractivity contribution in [1.29, 1.82) is 0 Å². The van der Waals surface area contributed by atoms with Crippen LogP contribution in [-0.2, 0) is 11.2 Å². The van der Waals surface area contributed by atoms with Crippen molar-refractivity contribution in [2.75, 3.05) is 5.32 Å². The Morgan fingerprint density at radius 3 is 2.87 bits per heavy atom. The molecular formula is C10H13N3OS. The van der Waals surface area contributed by atoms with Gasteiger partial charge in [-0.1, -0.05) is 37.5 Å². The first-order valence-corrected chi connectivity index (χ1v) is 5.39. The van der Waals surface area contributed by atoms with E-state index in [9.17, 15) is 4.79 Å². The molecule has 1 aromatic rings. The highest BCUT2D eigenvalue weighted by Crippen LogP contribution is 2.15. The number of carbonyl (C=O) groups is 1. The van der Waals surface area contributed by atoms with Crippen LogP contribution in [0.5, 0.6) is 0 Å². The van der Waals surface area contributed by atoms with Crippen LogP contribution in [0, 0.1) is 0 Å². The molecule has 15 heavy (non-hydrogen) atoms. The van der Waals surface area contributed by atoms with E-state index in [1.54, 1.807) is 6.08 Å². The van der Waals surface area contributed by atoms with Crippen LogP contribution in [-0.4, -0.2) is 16.1 Å². The molecule has 1 N–H and O–H groups in total. The van der Waals surface area contributed by atoms with E-state index < -0.39 is 0 Å². The SMILES string of the molecule is C=CC(=C)CC(=O)Nc1nnc(CC)s1. The average molecular weight is 223 g/mol. The molecule has 5 heteroatoms. The second-order valence-electron chi connectivity index (χ2n) is 2.94.